The van der Waals surface area contributed by atoms with Crippen LogP contribution in [0.4, 0.5) is 0 Å². The number of benzene rings is 1. The van der Waals surface area contributed by atoms with E-state index >= 15 is 0 Å². The van der Waals surface area contributed by atoms with Gasteiger partial charge >= 0.3 is 6.95 Å². The van der Waals surface area contributed by atoms with Crippen LogP contribution in [0, 0.1) is 11.3 Å². The molecule has 0 heterocycles. The molecule has 1 aromatic carbocycles. The molecular weight excluding hydrogens is 272 g/mol. The first-order chi connectivity index (χ1) is 7.53. The molecule has 0 aromatic heterocycles. The molecule has 86 valence electrons. The lowest BCUT2D eigenvalue weighted by molar-refractivity contribution is 0.285. The summed E-state index contributed by atoms with van der Waals surface area (Å²) >= 11 is 11.2. The summed E-state index contributed by atoms with van der Waals surface area (Å²) in [4.78, 5) is 0. The fraction of sp³-hybridized carbons (Fsp3) is 0.222. The summed E-state index contributed by atoms with van der Waals surface area (Å²) in [5.41, 5.74) is 0. The van der Waals surface area contributed by atoms with Gasteiger partial charge in [-0.3, -0.25) is 4.52 Å². The average Bonchev–Trinajstić information content (AvgIpc) is 2.21. The second kappa shape index (κ2) is 6.12. The first kappa shape index (κ1) is 13.3. The number of nitrogens with zero attached hydrogens (tertiary/aromatic N) is 1. The lowest BCUT2D eigenvalue weighted by Gasteiger charge is -2.11. The lowest BCUT2D eigenvalue weighted by Crippen LogP contribution is -1.94. The molecule has 16 heavy (non-hydrogen) atoms. The monoisotopic (exact) mass is 279 g/mol. The van der Waals surface area contributed by atoms with Crippen LogP contribution in [-0.2, 0) is 9.09 Å². The van der Waals surface area contributed by atoms with E-state index < -0.39 is 6.95 Å². The molecule has 0 bridgehead atoms. The van der Waals surface area contributed by atoms with Gasteiger partial charge in [0.05, 0.1) is 19.1 Å². The standard InChI is InChI=1S/C9H8Cl2NO3P/c10-8-2-4-9(5-3-8)15-16(11,13)14-7-1-6-12/h2-5H,1,7H2. The highest BCUT2D eigenvalue weighted by atomic mass is 35.7. The van der Waals surface area contributed by atoms with Crippen LogP contribution in [0.15, 0.2) is 24.3 Å². The summed E-state index contributed by atoms with van der Waals surface area (Å²) < 4.78 is 21.2. The largest absolute Gasteiger partial charge is 0.476 e. The third-order valence-electron chi connectivity index (χ3n) is 1.49. The van der Waals surface area contributed by atoms with Gasteiger partial charge in [-0.05, 0) is 24.3 Å². The normalized spacial score (nSPS) is 13.8. The van der Waals surface area contributed by atoms with Crippen molar-refractivity contribution in [2.24, 2.45) is 0 Å². The summed E-state index contributed by atoms with van der Waals surface area (Å²) in [7, 11) is 0. The molecule has 0 saturated heterocycles. The van der Waals surface area contributed by atoms with E-state index in [4.69, 9.17) is 37.2 Å². The van der Waals surface area contributed by atoms with E-state index in [2.05, 4.69) is 0 Å². The molecule has 0 N–H and O–H groups in total. The van der Waals surface area contributed by atoms with Gasteiger partial charge in [0.25, 0.3) is 0 Å². The van der Waals surface area contributed by atoms with Crippen LogP contribution in [0.1, 0.15) is 6.42 Å². The number of nitriles is 1. The molecule has 0 radical (unpaired) electrons. The Bertz CT molecular complexity index is 429. The predicted molar refractivity (Wildman–Crippen MR) is 61.7 cm³/mol. The van der Waals surface area contributed by atoms with Gasteiger partial charge in [-0.15, -0.1) is 0 Å². The van der Waals surface area contributed by atoms with E-state index in [1.807, 2.05) is 6.07 Å². The number of hydrogen-bond acceptors (Lipinski definition) is 4. The van der Waals surface area contributed by atoms with Gasteiger partial charge in [0.15, 0.2) is 0 Å². The second-order valence-electron chi connectivity index (χ2n) is 2.72. The van der Waals surface area contributed by atoms with Gasteiger partial charge in [0.1, 0.15) is 5.75 Å². The van der Waals surface area contributed by atoms with Crippen LogP contribution < -0.4 is 4.52 Å². The van der Waals surface area contributed by atoms with Gasteiger partial charge in [-0.1, -0.05) is 11.6 Å². The van der Waals surface area contributed by atoms with Crippen molar-refractivity contribution in [3.63, 3.8) is 0 Å². The van der Waals surface area contributed by atoms with Crippen LogP contribution in [0.2, 0.25) is 5.02 Å². The van der Waals surface area contributed by atoms with Gasteiger partial charge < -0.3 is 4.52 Å². The fourth-order valence-corrected chi connectivity index (χ4v) is 2.16. The Hall–Kier alpha value is -0.720. The molecule has 0 fully saturated rings. The molecule has 0 aliphatic rings. The molecule has 0 aliphatic carbocycles. The highest BCUT2D eigenvalue weighted by molar-refractivity contribution is 7.81. The van der Waals surface area contributed by atoms with Crippen LogP contribution in [0.25, 0.3) is 0 Å². The van der Waals surface area contributed by atoms with Gasteiger partial charge in [-0.25, -0.2) is 4.57 Å². The Morgan fingerprint density at radius 3 is 2.56 bits per heavy atom. The van der Waals surface area contributed by atoms with E-state index in [1.54, 1.807) is 12.1 Å². The van der Waals surface area contributed by atoms with E-state index in [0.717, 1.165) is 0 Å². The summed E-state index contributed by atoms with van der Waals surface area (Å²) in [5, 5.41) is 8.79. The first-order valence-corrected chi connectivity index (χ1v) is 7.12. The molecule has 0 aliphatic heterocycles. The maximum atomic E-state index is 11.5. The quantitative estimate of drug-likeness (QED) is 0.604. The van der Waals surface area contributed by atoms with Gasteiger partial charge in [-0.2, -0.15) is 5.26 Å². The van der Waals surface area contributed by atoms with E-state index in [9.17, 15) is 4.57 Å². The highest BCUT2D eigenvalue weighted by Gasteiger charge is 2.22. The molecule has 0 amide bonds. The van der Waals surface area contributed by atoms with Crippen LogP contribution in [0.5, 0.6) is 5.75 Å². The van der Waals surface area contributed by atoms with Crippen molar-refractivity contribution in [2.75, 3.05) is 6.61 Å². The lowest BCUT2D eigenvalue weighted by atomic mass is 10.3. The second-order valence-corrected chi connectivity index (χ2v) is 5.70. The highest BCUT2D eigenvalue weighted by Crippen LogP contribution is 2.53. The maximum absolute atomic E-state index is 11.5. The molecule has 1 rings (SSSR count). The zero-order valence-corrected chi connectivity index (χ0v) is 10.5. The van der Waals surface area contributed by atoms with Crippen LogP contribution >= 0.6 is 29.8 Å². The summed E-state index contributed by atoms with van der Waals surface area (Å²) in [6.45, 7) is -3.72. The van der Waals surface area contributed by atoms with Gasteiger partial charge in [0, 0.05) is 16.3 Å². The van der Waals surface area contributed by atoms with Crippen molar-refractivity contribution in [2.45, 2.75) is 6.42 Å². The number of hydrogen-bond donors (Lipinski definition) is 0. The molecule has 1 atom stereocenters. The third-order valence-corrected chi connectivity index (χ3v) is 3.16. The predicted octanol–water partition coefficient (Wildman–Crippen LogP) is 4.00. The molecule has 0 saturated carbocycles. The van der Waals surface area contributed by atoms with Crippen molar-refractivity contribution >= 4 is 29.8 Å². The molecule has 1 unspecified atom stereocenters. The Kier molecular flexibility index (Phi) is 5.11. The minimum absolute atomic E-state index is 0.0368. The van der Waals surface area contributed by atoms with E-state index in [1.165, 1.54) is 12.1 Å². The maximum Gasteiger partial charge on any atom is 0.476 e. The van der Waals surface area contributed by atoms with Crippen molar-refractivity contribution < 1.29 is 13.6 Å². The van der Waals surface area contributed by atoms with Crippen molar-refractivity contribution in [3.05, 3.63) is 29.3 Å². The number of halogens is 2. The van der Waals surface area contributed by atoms with E-state index in [0.29, 0.717) is 10.8 Å². The zero-order chi connectivity index (χ0) is 12.0. The molecule has 0 spiro atoms. The Balaban J connectivity index is 2.55. The van der Waals surface area contributed by atoms with Crippen LogP contribution in [-0.4, -0.2) is 6.61 Å². The van der Waals surface area contributed by atoms with Gasteiger partial charge in [0.2, 0.25) is 0 Å². The fourth-order valence-electron chi connectivity index (χ4n) is 0.848. The average molecular weight is 280 g/mol. The topological polar surface area (TPSA) is 59.3 Å². The first-order valence-electron chi connectivity index (χ1n) is 4.30. The SMILES string of the molecule is N#CCCOP(=O)(Cl)Oc1ccc(Cl)cc1. The zero-order valence-electron chi connectivity index (χ0n) is 8.10. The smallest absolute Gasteiger partial charge is 0.413 e. The molecular formula is C9H8Cl2NO3P. The number of rotatable bonds is 5. The Morgan fingerprint density at radius 1 is 1.38 bits per heavy atom. The third kappa shape index (κ3) is 4.87. The molecule has 1 aromatic rings. The Morgan fingerprint density at radius 2 is 2.00 bits per heavy atom. The van der Waals surface area contributed by atoms with Crippen molar-refractivity contribution in [3.8, 4) is 11.8 Å². The summed E-state index contributed by atoms with van der Waals surface area (Å²) in [6, 6.07) is 8.02. The van der Waals surface area contributed by atoms with Crippen molar-refractivity contribution in [1.29, 1.82) is 5.26 Å². The van der Waals surface area contributed by atoms with Crippen molar-refractivity contribution in [1.82, 2.24) is 0 Å². The minimum atomic E-state index is -3.68. The summed E-state index contributed by atoms with van der Waals surface area (Å²) in [6.07, 6.45) is 0.0979. The molecule has 4 nitrogen and oxygen atoms in total. The summed E-state index contributed by atoms with van der Waals surface area (Å²) in [5.74, 6) is 0.291. The Labute approximate surface area is 103 Å². The molecule has 7 heteroatoms. The van der Waals surface area contributed by atoms with E-state index in [-0.39, 0.29) is 13.0 Å². The minimum Gasteiger partial charge on any atom is -0.413 e. The van der Waals surface area contributed by atoms with Crippen LogP contribution in [0.3, 0.4) is 0 Å².